The van der Waals surface area contributed by atoms with Gasteiger partial charge in [0.2, 0.25) is 5.91 Å². The number of fused-ring (bicyclic) bond motifs is 2. The smallest absolute Gasteiger partial charge is 0.222 e. The van der Waals surface area contributed by atoms with Crippen LogP contribution in [0.2, 0.25) is 0 Å². The summed E-state index contributed by atoms with van der Waals surface area (Å²) in [5.41, 5.74) is 0. The number of hydrogen-bond donors (Lipinski definition) is 0. The number of carbonyl (C=O) groups is 1. The lowest BCUT2D eigenvalue weighted by molar-refractivity contribution is -0.130. The normalized spacial score (nSPS) is 27.8. The number of methoxy groups -OCH3 is 1. The van der Waals surface area contributed by atoms with Gasteiger partial charge in [0.15, 0.2) is 6.29 Å². The van der Waals surface area contributed by atoms with Crippen LogP contribution in [-0.4, -0.2) is 57.1 Å². The molecule has 6 nitrogen and oxygen atoms in total. The second-order valence-corrected chi connectivity index (χ2v) is 6.17. The molecule has 1 amide bonds. The lowest BCUT2D eigenvalue weighted by atomic mass is 9.93. The number of amides is 1. The predicted octanol–water partition coefficient (Wildman–Crippen LogP) is 1.85. The third-order valence-electron chi connectivity index (χ3n) is 4.29. The van der Waals surface area contributed by atoms with Crippen LogP contribution in [0.1, 0.15) is 6.42 Å². The van der Waals surface area contributed by atoms with Crippen LogP contribution < -0.4 is 9.47 Å². The van der Waals surface area contributed by atoms with Gasteiger partial charge in [-0.2, -0.15) is 0 Å². The molecule has 0 unspecified atom stereocenters. The van der Waals surface area contributed by atoms with Crippen LogP contribution in [-0.2, 0) is 14.3 Å². The van der Waals surface area contributed by atoms with Crippen molar-refractivity contribution in [2.75, 3.05) is 27.8 Å². The van der Waals surface area contributed by atoms with E-state index in [1.165, 1.54) is 0 Å². The number of carbonyl (C=O) groups excluding carboxylic acids is 1. The Morgan fingerprint density at radius 2 is 1.83 bits per heavy atom. The van der Waals surface area contributed by atoms with E-state index in [2.05, 4.69) is 0 Å². The van der Waals surface area contributed by atoms with Crippen molar-refractivity contribution in [1.82, 2.24) is 4.90 Å². The van der Waals surface area contributed by atoms with E-state index in [4.69, 9.17) is 18.9 Å². The molecule has 0 aliphatic carbocycles. The van der Waals surface area contributed by atoms with Crippen LogP contribution >= 0.6 is 0 Å². The highest BCUT2D eigenvalue weighted by Crippen LogP contribution is 2.33. The number of benzene rings is 1. The number of ether oxygens (including phenoxy) is 4. The first kappa shape index (κ1) is 16.8. The molecule has 1 aromatic carbocycles. The van der Waals surface area contributed by atoms with Crippen LogP contribution in [0.4, 0.5) is 0 Å². The molecule has 0 aromatic heterocycles. The molecule has 2 bridgehead atoms. The summed E-state index contributed by atoms with van der Waals surface area (Å²) in [6.07, 6.45) is 3.59. The lowest BCUT2D eigenvalue weighted by Crippen LogP contribution is -2.37. The van der Waals surface area contributed by atoms with E-state index in [1.54, 1.807) is 26.1 Å². The Bertz CT molecular complexity index is 598. The number of rotatable bonds is 6. The zero-order chi connectivity index (χ0) is 17.1. The highest BCUT2D eigenvalue weighted by molar-refractivity contribution is 5.76. The van der Waals surface area contributed by atoms with E-state index in [9.17, 15) is 4.79 Å². The summed E-state index contributed by atoms with van der Waals surface area (Å²) in [6.45, 7) is 0.377. The number of nitrogens with zero attached hydrogens (tertiary/aromatic N) is 1. The van der Waals surface area contributed by atoms with E-state index in [0.717, 1.165) is 11.5 Å². The summed E-state index contributed by atoms with van der Waals surface area (Å²) in [5.74, 6) is 1.61. The molecular weight excluding hydrogens is 310 g/mol. The average molecular weight is 333 g/mol. The van der Waals surface area contributed by atoms with Gasteiger partial charge in [0, 0.05) is 26.4 Å². The highest BCUT2D eigenvalue weighted by Gasteiger charge is 2.43. The van der Waals surface area contributed by atoms with Gasteiger partial charge in [-0.25, -0.2) is 0 Å². The Morgan fingerprint density at radius 1 is 1.12 bits per heavy atom. The minimum absolute atomic E-state index is 0.00289. The summed E-state index contributed by atoms with van der Waals surface area (Å²) in [5, 5.41) is 0. The van der Waals surface area contributed by atoms with Crippen molar-refractivity contribution in [2.45, 2.75) is 24.9 Å². The van der Waals surface area contributed by atoms with Gasteiger partial charge in [-0.15, -0.1) is 0 Å². The summed E-state index contributed by atoms with van der Waals surface area (Å²) >= 11 is 0. The van der Waals surface area contributed by atoms with Crippen molar-refractivity contribution in [2.24, 2.45) is 5.92 Å². The van der Waals surface area contributed by atoms with Crippen molar-refractivity contribution in [3.63, 3.8) is 0 Å². The minimum Gasteiger partial charge on any atom is -0.497 e. The zero-order valence-corrected chi connectivity index (χ0v) is 14.2. The van der Waals surface area contributed by atoms with Gasteiger partial charge in [0.25, 0.3) is 0 Å². The van der Waals surface area contributed by atoms with E-state index in [-0.39, 0.29) is 30.3 Å². The zero-order valence-electron chi connectivity index (χ0n) is 14.2. The average Bonchev–Trinajstić information content (AvgIpc) is 2.93. The Balaban J connectivity index is 1.59. The topological polar surface area (TPSA) is 57.2 Å². The van der Waals surface area contributed by atoms with Crippen LogP contribution in [0.15, 0.2) is 36.4 Å². The summed E-state index contributed by atoms with van der Waals surface area (Å²) < 4.78 is 22.6. The predicted molar refractivity (Wildman–Crippen MR) is 88.0 cm³/mol. The van der Waals surface area contributed by atoms with Crippen molar-refractivity contribution in [3.05, 3.63) is 36.4 Å². The Kier molecular flexibility index (Phi) is 5.06. The molecule has 3 rings (SSSR count). The molecule has 2 aliphatic rings. The van der Waals surface area contributed by atoms with Crippen LogP contribution in [0.3, 0.4) is 0 Å². The standard InChI is InChI=1S/C18H23NO5/c1-19(2)16(20)10-12-4-9-17-23-15(18(12)24-17)11-22-14-7-5-13(21-3)6-8-14/h4-9,12,15,17-18H,10-11H2,1-3H3/t12-,15+,17-,18+/m1/s1. The quantitative estimate of drug-likeness (QED) is 0.744. The molecule has 6 heteroatoms. The molecule has 1 aromatic rings. The van der Waals surface area contributed by atoms with E-state index in [1.807, 2.05) is 36.4 Å². The van der Waals surface area contributed by atoms with Crippen molar-refractivity contribution in [3.8, 4) is 11.5 Å². The molecule has 0 spiro atoms. The van der Waals surface area contributed by atoms with Crippen LogP contribution in [0.5, 0.6) is 11.5 Å². The first-order valence-corrected chi connectivity index (χ1v) is 8.03. The molecule has 0 N–H and O–H groups in total. The van der Waals surface area contributed by atoms with Gasteiger partial charge in [-0.05, 0) is 30.3 Å². The maximum absolute atomic E-state index is 12.0. The van der Waals surface area contributed by atoms with Crippen LogP contribution in [0.25, 0.3) is 0 Å². The fraction of sp³-hybridized carbons (Fsp3) is 0.500. The lowest BCUT2D eigenvalue weighted by Gasteiger charge is -2.26. The van der Waals surface area contributed by atoms with Gasteiger partial charge < -0.3 is 23.8 Å². The van der Waals surface area contributed by atoms with Crippen molar-refractivity contribution in [1.29, 1.82) is 0 Å². The Labute approximate surface area is 141 Å². The van der Waals surface area contributed by atoms with Gasteiger partial charge in [-0.1, -0.05) is 6.08 Å². The largest absolute Gasteiger partial charge is 0.497 e. The Hall–Kier alpha value is -2.05. The fourth-order valence-corrected chi connectivity index (χ4v) is 2.89. The molecule has 1 fully saturated rings. The summed E-state index contributed by atoms with van der Waals surface area (Å²) in [6, 6.07) is 7.40. The molecule has 24 heavy (non-hydrogen) atoms. The van der Waals surface area contributed by atoms with Crippen molar-refractivity contribution < 1.29 is 23.7 Å². The van der Waals surface area contributed by atoms with E-state index < -0.39 is 0 Å². The van der Waals surface area contributed by atoms with E-state index >= 15 is 0 Å². The first-order valence-electron chi connectivity index (χ1n) is 8.03. The van der Waals surface area contributed by atoms with Gasteiger partial charge >= 0.3 is 0 Å². The molecule has 2 heterocycles. The highest BCUT2D eigenvalue weighted by atomic mass is 16.7. The Morgan fingerprint density at radius 3 is 2.50 bits per heavy atom. The van der Waals surface area contributed by atoms with Crippen molar-refractivity contribution >= 4 is 5.91 Å². The SMILES string of the molecule is COc1ccc(OC[C@@H]2O[C@H]3C=C[C@H](CC(=O)N(C)C)[C@@H]2O3)cc1. The van der Waals surface area contributed by atoms with Gasteiger partial charge in [-0.3, -0.25) is 4.79 Å². The second-order valence-electron chi connectivity index (χ2n) is 6.17. The van der Waals surface area contributed by atoms with Crippen LogP contribution in [0, 0.1) is 5.92 Å². The minimum atomic E-state index is -0.342. The molecular formula is C18H23NO5. The number of hydrogen-bond acceptors (Lipinski definition) is 5. The second kappa shape index (κ2) is 7.23. The maximum Gasteiger partial charge on any atom is 0.222 e. The molecule has 4 atom stereocenters. The first-order chi connectivity index (χ1) is 11.6. The molecule has 1 saturated heterocycles. The molecule has 0 saturated carbocycles. The third kappa shape index (κ3) is 3.71. The molecule has 2 aliphatic heterocycles. The molecule has 0 radical (unpaired) electrons. The third-order valence-corrected chi connectivity index (χ3v) is 4.29. The van der Waals surface area contributed by atoms with Gasteiger partial charge in [0.1, 0.15) is 24.2 Å². The molecule has 130 valence electrons. The summed E-state index contributed by atoms with van der Waals surface area (Å²) in [4.78, 5) is 13.6. The summed E-state index contributed by atoms with van der Waals surface area (Å²) in [7, 11) is 5.14. The monoisotopic (exact) mass is 333 g/mol. The van der Waals surface area contributed by atoms with Gasteiger partial charge in [0.05, 0.1) is 13.2 Å². The fourth-order valence-electron chi connectivity index (χ4n) is 2.89. The maximum atomic E-state index is 12.0. The van der Waals surface area contributed by atoms with E-state index in [0.29, 0.717) is 13.0 Å².